The number of rotatable bonds is 6. The van der Waals surface area contributed by atoms with Crippen molar-refractivity contribution in [3.63, 3.8) is 0 Å². The second-order valence-electron chi connectivity index (χ2n) is 5.41. The van der Waals surface area contributed by atoms with Gasteiger partial charge in [-0.2, -0.15) is 0 Å². The van der Waals surface area contributed by atoms with Crippen molar-refractivity contribution in [3.8, 4) is 5.75 Å². The molecule has 0 aromatic heterocycles. The SMILES string of the molecule is NC(=O)[C@H]1CCCCN1C(=O)COC(=O)COc1cccc(Cl)c1. The molecule has 0 bridgehead atoms. The second kappa shape index (κ2) is 8.54. The molecule has 0 unspecified atom stereocenters. The number of ether oxygens (including phenoxy) is 2. The number of carbonyl (C=O) groups is 3. The lowest BCUT2D eigenvalue weighted by Crippen LogP contribution is -2.51. The zero-order valence-corrected chi connectivity index (χ0v) is 13.8. The highest BCUT2D eigenvalue weighted by Gasteiger charge is 2.30. The molecule has 0 aliphatic carbocycles. The third kappa shape index (κ3) is 5.13. The van der Waals surface area contributed by atoms with Gasteiger partial charge < -0.3 is 20.1 Å². The molecule has 1 saturated heterocycles. The number of carbonyl (C=O) groups excluding carboxylic acids is 3. The predicted octanol–water partition coefficient (Wildman–Crippen LogP) is 1.13. The van der Waals surface area contributed by atoms with Crippen molar-refractivity contribution in [2.75, 3.05) is 19.8 Å². The van der Waals surface area contributed by atoms with Crippen LogP contribution in [0.3, 0.4) is 0 Å². The molecule has 2 amide bonds. The Kier molecular flexibility index (Phi) is 6.43. The van der Waals surface area contributed by atoms with Gasteiger partial charge in [-0.3, -0.25) is 9.59 Å². The number of amides is 2. The topological polar surface area (TPSA) is 98.9 Å². The minimum absolute atomic E-state index is 0.340. The van der Waals surface area contributed by atoms with E-state index in [-0.39, 0.29) is 6.61 Å². The molecule has 2 rings (SSSR count). The summed E-state index contributed by atoms with van der Waals surface area (Å²) in [5.41, 5.74) is 5.30. The van der Waals surface area contributed by atoms with Gasteiger partial charge >= 0.3 is 5.97 Å². The fraction of sp³-hybridized carbons (Fsp3) is 0.438. The molecule has 130 valence electrons. The van der Waals surface area contributed by atoms with Crippen molar-refractivity contribution < 1.29 is 23.9 Å². The zero-order chi connectivity index (χ0) is 17.5. The van der Waals surface area contributed by atoms with Crippen LogP contribution in [0.1, 0.15) is 19.3 Å². The van der Waals surface area contributed by atoms with Crippen LogP contribution in [0.5, 0.6) is 5.75 Å². The fourth-order valence-corrected chi connectivity index (χ4v) is 2.67. The number of likely N-dealkylation sites (tertiary alicyclic amines) is 1. The number of hydrogen-bond donors (Lipinski definition) is 1. The summed E-state index contributed by atoms with van der Waals surface area (Å²) in [5.74, 6) is -1.24. The highest BCUT2D eigenvalue weighted by molar-refractivity contribution is 6.30. The van der Waals surface area contributed by atoms with Gasteiger partial charge in [-0.1, -0.05) is 17.7 Å². The van der Waals surface area contributed by atoms with Gasteiger partial charge in [0.1, 0.15) is 11.8 Å². The molecule has 1 aliphatic rings. The van der Waals surface area contributed by atoms with Gasteiger partial charge in [0.25, 0.3) is 5.91 Å². The van der Waals surface area contributed by atoms with Gasteiger partial charge in [-0.25, -0.2) is 4.79 Å². The standard InChI is InChI=1S/C16H19ClN2O5/c17-11-4-3-5-12(8-11)23-10-15(21)24-9-14(20)19-7-2-1-6-13(19)16(18)22/h3-5,8,13H,1-2,6-7,9-10H2,(H2,18,22)/t13-/m1/s1. The zero-order valence-electron chi connectivity index (χ0n) is 13.1. The van der Waals surface area contributed by atoms with E-state index in [0.29, 0.717) is 23.7 Å². The molecular weight excluding hydrogens is 336 g/mol. The van der Waals surface area contributed by atoms with E-state index in [0.717, 1.165) is 12.8 Å². The summed E-state index contributed by atoms with van der Waals surface area (Å²) in [4.78, 5) is 36.5. The van der Waals surface area contributed by atoms with E-state index in [2.05, 4.69) is 0 Å². The van der Waals surface area contributed by atoms with Crippen LogP contribution in [0, 0.1) is 0 Å². The summed E-state index contributed by atoms with van der Waals surface area (Å²) in [6, 6.07) is 5.94. The molecule has 1 aliphatic heterocycles. The van der Waals surface area contributed by atoms with Crippen LogP contribution >= 0.6 is 11.6 Å². The Morgan fingerprint density at radius 2 is 2.04 bits per heavy atom. The molecule has 1 heterocycles. The van der Waals surface area contributed by atoms with Crippen molar-refractivity contribution in [1.82, 2.24) is 4.90 Å². The highest BCUT2D eigenvalue weighted by atomic mass is 35.5. The van der Waals surface area contributed by atoms with Gasteiger partial charge in [0.15, 0.2) is 13.2 Å². The van der Waals surface area contributed by atoms with E-state index in [9.17, 15) is 14.4 Å². The van der Waals surface area contributed by atoms with Crippen LogP contribution in [0.2, 0.25) is 5.02 Å². The minimum Gasteiger partial charge on any atom is -0.482 e. The van der Waals surface area contributed by atoms with Crippen LogP contribution in [-0.2, 0) is 19.1 Å². The van der Waals surface area contributed by atoms with Gasteiger partial charge in [0.2, 0.25) is 5.91 Å². The third-order valence-electron chi connectivity index (χ3n) is 3.66. The maximum Gasteiger partial charge on any atom is 0.344 e. The molecule has 0 spiro atoms. The van der Waals surface area contributed by atoms with Crippen LogP contribution in [0.25, 0.3) is 0 Å². The number of primary amides is 1. The largest absolute Gasteiger partial charge is 0.482 e. The summed E-state index contributed by atoms with van der Waals surface area (Å²) in [6.07, 6.45) is 2.17. The van der Waals surface area contributed by atoms with Crippen LogP contribution in [0.4, 0.5) is 0 Å². The average Bonchev–Trinajstić information content (AvgIpc) is 2.58. The molecule has 0 radical (unpaired) electrons. The van der Waals surface area contributed by atoms with Crippen LogP contribution in [-0.4, -0.2) is 48.5 Å². The monoisotopic (exact) mass is 354 g/mol. The summed E-state index contributed by atoms with van der Waals surface area (Å²) >= 11 is 5.80. The Morgan fingerprint density at radius 3 is 2.75 bits per heavy atom. The first-order valence-electron chi connectivity index (χ1n) is 7.60. The van der Waals surface area contributed by atoms with Crippen LogP contribution in [0.15, 0.2) is 24.3 Å². The molecule has 2 N–H and O–H groups in total. The molecule has 1 aromatic rings. The lowest BCUT2D eigenvalue weighted by atomic mass is 10.0. The molecule has 24 heavy (non-hydrogen) atoms. The van der Waals surface area contributed by atoms with Crippen molar-refractivity contribution >= 4 is 29.4 Å². The molecular formula is C16H19ClN2O5. The minimum atomic E-state index is -0.684. The number of piperidine rings is 1. The summed E-state index contributed by atoms with van der Waals surface area (Å²) in [7, 11) is 0. The van der Waals surface area contributed by atoms with Crippen molar-refractivity contribution in [2.24, 2.45) is 5.73 Å². The Labute approximate surface area is 144 Å². The number of nitrogens with zero attached hydrogens (tertiary/aromatic N) is 1. The third-order valence-corrected chi connectivity index (χ3v) is 3.90. The number of benzene rings is 1. The van der Waals surface area contributed by atoms with Crippen molar-refractivity contribution in [1.29, 1.82) is 0 Å². The molecule has 7 nitrogen and oxygen atoms in total. The van der Waals surface area contributed by atoms with Gasteiger partial charge in [-0.05, 0) is 37.5 Å². The summed E-state index contributed by atoms with van der Waals surface area (Å²) in [5, 5.41) is 0.485. The first-order chi connectivity index (χ1) is 11.5. The van der Waals surface area contributed by atoms with E-state index in [1.807, 2.05) is 0 Å². The normalized spacial score (nSPS) is 17.2. The fourth-order valence-electron chi connectivity index (χ4n) is 2.49. The lowest BCUT2D eigenvalue weighted by molar-refractivity contribution is -0.156. The number of esters is 1. The predicted molar refractivity (Wildman–Crippen MR) is 86.5 cm³/mol. The quantitative estimate of drug-likeness (QED) is 0.772. The molecule has 8 heteroatoms. The lowest BCUT2D eigenvalue weighted by Gasteiger charge is -2.33. The Balaban J connectivity index is 1.78. The first kappa shape index (κ1) is 18.1. The molecule has 1 aromatic carbocycles. The Hall–Kier alpha value is -2.28. The van der Waals surface area contributed by atoms with E-state index in [4.69, 9.17) is 26.8 Å². The molecule has 1 fully saturated rings. The van der Waals surface area contributed by atoms with Crippen molar-refractivity contribution in [2.45, 2.75) is 25.3 Å². The second-order valence-corrected chi connectivity index (χ2v) is 5.84. The molecule has 0 saturated carbocycles. The molecule has 1 atom stereocenters. The summed E-state index contributed by atoms with van der Waals surface area (Å²) < 4.78 is 10.1. The Morgan fingerprint density at radius 1 is 1.25 bits per heavy atom. The van der Waals surface area contributed by atoms with E-state index in [1.54, 1.807) is 24.3 Å². The maximum atomic E-state index is 12.1. The Bertz CT molecular complexity index is 622. The van der Waals surface area contributed by atoms with Crippen LogP contribution < -0.4 is 10.5 Å². The first-order valence-corrected chi connectivity index (χ1v) is 7.98. The van der Waals surface area contributed by atoms with Gasteiger partial charge in [-0.15, -0.1) is 0 Å². The smallest absolute Gasteiger partial charge is 0.344 e. The highest BCUT2D eigenvalue weighted by Crippen LogP contribution is 2.18. The van der Waals surface area contributed by atoms with E-state index >= 15 is 0 Å². The summed E-state index contributed by atoms with van der Waals surface area (Å²) in [6.45, 7) is -0.350. The average molecular weight is 355 g/mol. The number of nitrogens with two attached hydrogens (primary N) is 1. The van der Waals surface area contributed by atoms with Crippen molar-refractivity contribution in [3.05, 3.63) is 29.3 Å². The maximum absolute atomic E-state index is 12.1. The number of hydrogen-bond acceptors (Lipinski definition) is 5. The van der Waals surface area contributed by atoms with Gasteiger partial charge in [0, 0.05) is 11.6 Å². The number of halogens is 1. The van der Waals surface area contributed by atoms with E-state index in [1.165, 1.54) is 4.90 Å². The van der Waals surface area contributed by atoms with E-state index < -0.39 is 30.4 Å². The van der Waals surface area contributed by atoms with Gasteiger partial charge in [0.05, 0.1) is 0 Å².